The Labute approximate surface area is 114 Å². The first-order valence-electron chi connectivity index (χ1n) is 7.00. The molecule has 102 valence electrons. The molecule has 1 saturated heterocycles. The van der Waals surface area contributed by atoms with E-state index in [1.807, 2.05) is 0 Å². The molecule has 0 spiro atoms. The van der Waals surface area contributed by atoms with E-state index in [1.165, 1.54) is 12.8 Å². The molecule has 0 bridgehead atoms. The lowest BCUT2D eigenvalue weighted by atomic mass is 9.87. The molecular formula is C14H24N2OS. The second-order valence-corrected chi connectivity index (χ2v) is 6.51. The van der Waals surface area contributed by atoms with Gasteiger partial charge in [-0.1, -0.05) is 32.1 Å². The lowest BCUT2D eigenvalue weighted by Gasteiger charge is -2.33. The predicted octanol–water partition coefficient (Wildman–Crippen LogP) is 3.07. The second kappa shape index (κ2) is 6.02. The van der Waals surface area contributed by atoms with Gasteiger partial charge in [0.05, 0.1) is 17.2 Å². The lowest BCUT2D eigenvalue weighted by molar-refractivity contribution is 0.284. The summed E-state index contributed by atoms with van der Waals surface area (Å²) in [6, 6.07) is 0. The minimum absolute atomic E-state index is 0.128. The monoisotopic (exact) mass is 268 g/mol. The van der Waals surface area contributed by atoms with Crippen LogP contribution in [0.3, 0.4) is 0 Å². The van der Waals surface area contributed by atoms with Crippen molar-refractivity contribution < 1.29 is 5.11 Å². The summed E-state index contributed by atoms with van der Waals surface area (Å²) in [5.74, 6) is 1.66. The average molecular weight is 268 g/mol. The summed E-state index contributed by atoms with van der Waals surface area (Å²) in [4.78, 5) is 8.11. The Morgan fingerprint density at radius 3 is 2.50 bits per heavy atom. The number of aliphatic hydroxyl groups excluding tert-OH is 1. The molecule has 3 nitrogen and oxygen atoms in total. The van der Waals surface area contributed by atoms with Crippen LogP contribution >= 0.6 is 11.3 Å². The number of aromatic nitrogens is 1. The Bertz CT molecular complexity index is 360. The molecule has 0 saturated carbocycles. The van der Waals surface area contributed by atoms with E-state index in [0.29, 0.717) is 0 Å². The molecule has 0 aliphatic carbocycles. The van der Waals surface area contributed by atoms with Crippen LogP contribution in [-0.2, 0) is 13.0 Å². The molecule has 0 amide bonds. The molecule has 0 aromatic carbocycles. The highest BCUT2D eigenvalue weighted by Gasteiger charge is 2.24. The molecule has 2 rings (SSSR count). The number of aliphatic hydroxyl groups is 1. The first-order chi connectivity index (χ1) is 8.65. The van der Waals surface area contributed by atoms with Gasteiger partial charge in [0.1, 0.15) is 0 Å². The number of thiazole rings is 1. The molecule has 1 aromatic heterocycles. The van der Waals surface area contributed by atoms with E-state index in [-0.39, 0.29) is 6.61 Å². The number of hydrogen-bond acceptors (Lipinski definition) is 4. The second-order valence-electron chi connectivity index (χ2n) is 5.45. The van der Waals surface area contributed by atoms with E-state index in [9.17, 15) is 5.11 Å². The SMILES string of the molecule is CCc1nc(N2CCC(C(C)C)CC2)sc1CO. The summed E-state index contributed by atoms with van der Waals surface area (Å²) in [5, 5.41) is 10.4. The standard InChI is InChI=1S/C14H24N2OS/c1-4-12-13(9-17)18-14(15-12)16-7-5-11(6-8-16)10(2)3/h10-11,17H,4-9H2,1-3H3. The van der Waals surface area contributed by atoms with Crippen LogP contribution in [0.25, 0.3) is 0 Å². The molecule has 1 aliphatic heterocycles. The van der Waals surface area contributed by atoms with E-state index >= 15 is 0 Å². The first-order valence-corrected chi connectivity index (χ1v) is 7.81. The molecule has 0 atom stereocenters. The van der Waals surface area contributed by atoms with Crippen LogP contribution in [0.15, 0.2) is 0 Å². The number of hydrogen-bond donors (Lipinski definition) is 1. The smallest absolute Gasteiger partial charge is 0.185 e. The largest absolute Gasteiger partial charge is 0.391 e. The normalized spacial score (nSPS) is 17.7. The topological polar surface area (TPSA) is 36.4 Å². The molecule has 1 aromatic rings. The van der Waals surface area contributed by atoms with Gasteiger partial charge in [-0.2, -0.15) is 0 Å². The van der Waals surface area contributed by atoms with Crippen LogP contribution in [0.5, 0.6) is 0 Å². The number of piperidine rings is 1. The van der Waals surface area contributed by atoms with Crippen LogP contribution in [0.4, 0.5) is 5.13 Å². The molecule has 1 aliphatic rings. The molecule has 18 heavy (non-hydrogen) atoms. The van der Waals surface area contributed by atoms with E-state index in [4.69, 9.17) is 0 Å². The van der Waals surface area contributed by atoms with Gasteiger partial charge in [0.2, 0.25) is 0 Å². The van der Waals surface area contributed by atoms with Crippen LogP contribution < -0.4 is 4.90 Å². The van der Waals surface area contributed by atoms with Gasteiger partial charge in [0.25, 0.3) is 0 Å². The van der Waals surface area contributed by atoms with Gasteiger partial charge in [-0.25, -0.2) is 4.98 Å². The Kier molecular flexibility index (Phi) is 4.62. The van der Waals surface area contributed by atoms with Crippen LogP contribution in [0.2, 0.25) is 0 Å². The van der Waals surface area contributed by atoms with Crippen molar-refractivity contribution in [1.29, 1.82) is 0 Å². The Hall–Kier alpha value is -0.610. The van der Waals surface area contributed by atoms with Gasteiger partial charge in [0, 0.05) is 13.1 Å². The average Bonchev–Trinajstić information content (AvgIpc) is 2.82. The third-order valence-corrected chi connectivity index (χ3v) is 5.14. The summed E-state index contributed by atoms with van der Waals surface area (Å²) in [5.41, 5.74) is 1.07. The maximum absolute atomic E-state index is 9.33. The summed E-state index contributed by atoms with van der Waals surface area (Å²) < 4.78 is 0. The highest BCUT2D eigenvalue weighted by Crippen LogP contribution is 2.32. The van der Waals surface area contributed by atoms with Crippen molar-refractivity contribution in [3.8, 4) is 0 Å². The minimum Gasteiger partial charge on any atom is -0.391 e. The summed E-state index contributed by atoms with van der Waals surface area (Å²) in [6.07, 6.45) is 3.45. The van der Waals surface area contributed by atoms with Crippen molar-refractivity contribution in [1.82, 2.24) is 4.98 Å². The molecule has 2 heterocycles. The number of rotatable bonds is 4. The minimum atomic E-state index is 0.128. The van der Waals surface area contributed by atoms with Crippen molar-refractivity contribution in [3.05, 3.63) is 10.6 Å². The molecule has 4 heteroatoms. The summed E-state index contributed by atoms with van der Waals surface area (Å²) in [7, 11) is 0. The third-order valence-electron chi connectivity index (χ3n) is 4.00. The van der Waals surface area contributed by atoms with Crippen molar-refractivity contribution in [3.63, 3.8) is 0 Å². The van der Waals surface area contributed by atoms with Gasteiger partial charge in [0.15, 0.2) is 5.13 Å². The Morgan fingerprint density at radius 1 is 1.39 bits per heavy atom. The molecule has 1 fully saturated rings. The Balaban J connectivity index is 2.03. The van der Waals surface area contributed by atoms with Gasteiger partial charge < -0.3 is 10.0 Å². The zero-order chi connectivity index (χ0) is 13.1. The quantitative estimate of drug-likeness (QED) is 0.911. The van der Waals surface area contributed by atoms with Gasteiger partial charge in [-0.05, 0) is 31.1 Å². The Morgan fingerprint density at radius 2 is 2.06 bits per heavy atom. The number of nitrogens with zero attached hydrogens (tertiary/aromatic N) is 2. The fourth-order valence-corrected chi connectivity index (χ4v) is 3.72. The highest BCUT2D eigenvalue weighted by atomic mass is 32.1. The molecule has 1 N–H and O–H groups in total. The highest BCUT2D eigenvalue weighted by molar-refractivity contribution is 7.15. The number of anilines is 1. The van der Waals surface area contributed by atoms with Crippen LogP contribution in [0, 0.1) is 11.8 Å². The zero-order valence-electron chi connectivity index (χ0n) is 11.6. The third kappa shape index (κ3) is 2.86. The molecule has 0 unspecified atom stereocenters. The van der Waals surface area contributed by atoms with Crippen molar-refractivity contribution in [2.45, 2.75) is 46.6 Å². The van der Waals surface area contributed by atoms with Gasteiger partial charge in [-0.3, -0.25) is 0 Å². The zero-order valence-corrected chi connectivity index (χ0v) is 12.5. The van der Waals surface area contributed by atoms with Crippen molar-refractivity contribution in [2.75, 3.05) is 18.0 Å². The fraction of sp³-hybridized carbons (Fsp3) is 0.786. The summed E-state index contributed by atoms with van der Waals surface area (Å²) >= 11 is 1.67. The van der Waals surface area contributed by atoms with E-state index in [0.717, 1.165) is 47.0 Å². The first kappa shape index (κ1) is 13.8. The fourth-order valence-electron chi connectivity index (χ4n) is 2.66. The molecular weight excluding hydrogens is 244 g/mol. The van der Waals surface area contributed by atoms with Crippen molar-refractivity contribution in [2.24, 2.45) is 11.8 Å². The van der Waals surface area contributed by atoms with E-state index in [2.05, 4.69) is 30.7 Å². The number of aryl methyl sites for hydroxylation is 1. The maximum Gasteiger partial charge on any atom is 0.185 e. The maximum atomic E-state index is 9.33. The van der Waals surface area contributed by atoms with Gasteiger partial charge in [-0.15, -0.1) is 0 Å². The predicted molar refractivity (Wildman–Crippen MR) is 77.2 cm³/mol. The molecule has 0 radical (unpaired) electrons. The van der Waals surface area contributed by atoms with Crippen LogP contribution in [0.1, 0.15) is 44.2 Å². The van der Waals surface area contributed by atoms with Gasteiger partial charge >= 0.3 is 0 Å². The van der Waals surface area contributed by atoms with E-state index in [1.54, 1.807) is 11.3 Å². The van der Waals surface area contributed by atoms with Crippen molar-refractivity contribution >= 4 is 16.5 Å². The summed E-state index contributed by atoms with van der Waals surface area (Å²) in [6.45, 7) is 9.10. The van der Waals surface area contributed by atoms with Crippen LogP contribution in [-0.4, -0.2) is 23.2 Å². The van der Waals surface area contributed by atoms with E-state index < -0.39 is 0 Å². The lowest BCUT2D eigenvalue weighted by Crippen LogP contribution is -2.35.